The molecule has 0 radical (unpaired) electrons. The molecule has 2 aromatic rings. The number of alkyl halides is 3. The lowest BCUT2D eigenvalue weighted by atomic mass is 10.2. The quantitative estimate of drug-likeness (QED) is 0.935. The van der Waals surface area contributed by atoms with Crippen LogP contribution >= 0.6 is 0 Å². The smallest absolute Gasteiger partial charge is 0.416 e. The predicted octanol–water partition coefficient (Wildman–Crippen LogP) is 3.81. The van der Waals surface area contributed by atoms with Crippen LogP contribution in [-0.4, -0.2) is 12.0 Å². The number of aromatic nitrogens is 1. The summed E-state index contributed by atoms with van der Waals surface area (Å²) in [5, 5.41) is 11.3. The highest BCUT2D eigenvalue weighted by Crippen LogP contribution is 2.33. The number of nitrogens with one attached hydrogen (secondary N) is 1. The molecule has 1 aromatic heterocycles. The molecule has 1 aromatic carbocycles. The topological polar surface area (TPSA) is 57.9 Å². The van der Waals surface area contributed by atoms with Crippen molar-refractivity contribution in [3.8, 4) is 17.7 Å². The Bertz CT molecular complexity index is 693. The number of benzene rings is 1. The van der Waals surface area contributed by atoms with Gasteiger partial charge in [-0.3, -0.25) is 0 Å². The third kappa shape index (κ3) is 3.63. The number of anilines is 1. The van der Waals surface area contributed by atoms with Gasteiger partial charge in [0.15, 0.2) is 0 Å². The summed E-state index contributed by atoms with van der Waals surface area (Å²) >= 11 is 0. The average molecular weight is 293 g/mol. The van der Waals surface area contributed by atoms with E-state index in [2.05, 4.69) is 10.3 Å². The second kappa shape index (κ2) is 5.71. The average Bonchev–Trinajstić information content (AvgIpc) is 2.46. The van der Waals surface area contributed by atoms with Crippen LogP contribution in [0.15, 0.2) is 36.4 Å². The Hall–Kier alpha value is -2.75. The Morgan fingerprint density at radius 3 is 2.62 bits per heavy atom. The van der Waals surface area contributed by atoms with Gasteiger partial charge in [0.05, 0.1) is 17.2 Å². The maximum absolute atomic E-state index is 12.8. The molecule has 0 amide bonds. The number of pyridine rings is 1. The zero-order valence-corrected chi connectivity index (χ0v) is 10.9. The van der Waals surface area contributed by atoms with Crippen molar-refractivity contribution in [1.29, 1.82) is 5.26 Å². The normalized spacial score (nSPS) is 10.8. The maximum Gasteiger partial charge on any atom is 0.416 e. The van der Waals surface area contributed by atoms with Crippen LogP contribution in [0.5, 0.6) is 11.6 Å². The van der Waals surface area contributed by atoms with Crippen molar-refractivity contribution < 1.29 is 17.9 Å². The van der Waals surface area contributed by atoms with Gasteiger partial charge in [-0.2, -0.15) is 23.4 Å². The molecule has 0 saturated heterocycles. The summed E-state index contributed by atoms with van der Waals surface area (Å²) in [6.45, 7) is 0. The molecular formula is C14H10F3N3O. The third-order valence-electron chi connectivity index (χ3n) is 2.57. The second-order valence-corrected chi connectivity index (χ2v) is 4.07. The van der Waals surface area contributed by atoms with Crippen LogP contribution < -0.4 is 10.1 Å². The van der Waals surface area contributed by atoms with E-state index in [1.165, 1.54) is 19.2 Å². The Morgan fingerprint density at radius 2 is 2.00 bits per heavy atom. The van der Waals surface area contributed by atoms with E-state index >= 15 is 0 Å². The Morgan fingerprint density at radius 1 is 1.24 bits per heavy atom. The molecule has 1 N–H and O–H groups in total. The Kier molecular flexibility index (Phi) is 3.98. The number of nitriles is 1. The molecule has 2 rings (SSSR count). The van der Waals surface area contributed by atoms with Crippen molar-refractivity contribution in [3.63, 3.8) is 0 Å². The molecule has 108 valence electrons. The maximum atomic E-state index is 12.8. The first kappa shape index (κ1) is 14.7. The minimum Gasteiger partial charge on any atom is -0.439 e. The molecule has 4 nitrogen and oxygen atoms in total. The second-order valence-electron chi connectivity index (χ2n) is 4.07. The number of hydrogen-bond donors (Lipinski definition) is 1. The molecule has 1 heterocycles. The molecule has 0 aliphatic rings. The first-order chi connectivity index (χ1) is 9.92. The van der Waals surface area contributed by atoms with Crippen molar-refractivity contribution >= 4 is 5.82 Å². The first-order valence-electron chi connectivity index (χ1n) is 5.87. The number of nitrogens with zero attached hydrogens (tertiary/aromatic N) is 2. The highest BCUT2D eigenvalue weighted by molar-refractivity contribution is 5.44. The van der Waals surface area contributed by atoms with Gasteiger partial charge in [0, 0.05) is 13.1 Å². The number of rotatable bonds is 3. The van der Waals surface area contributed by atoms with E-state index in [4.69, 9.17) is 10.00 Å². The Labute approximate surface area is 118 Å². The minimum absolute atomic E-state index is 0.0382. The van der Waals surface area contributed by atoms with Crippen molar-refractivity contribution in [3.05, 3.63) is 47.5 Å². The zero-order valence-electron chi connectivity index (χ0n) is 10.9. The van der Waals surface area contributed by atoms with Crippen molar-refractivity contribution in [1.82, 2.24) is 4.98 Å². The monoisotopic (exact) mass is 293 g/mol. The molecule has 0 atom stereocenters. The van der Waals surface area contributed by atoms with Gasteiger partial charge < -0.3 is 10.1 Å². The van der Waals surface area contributed by atoms with Gasteiger partial charge in [0.25, 0.3) is 0 Å². The predicted molar refractivity (Wildman–Crippen MR) is 70.0 cm³/mol. The van der Waals surface area contributed by atoms with Gasteiger partial charge in [-0.15, -0.1) is 0 Å². The standard InChI is InChI=1S/C14H10F3N3O/c1-19-12-6-10(14(15,16)17)7-13(20-12)21-11-4-2-3-9(5-11)8-18/h2-7H,1H3,(H,19,20). The summed E-state index contributed by atoms with van der Waals surface area (Å²) in [5.74, 6) is 0.0726. The Balaban J connectivity index is 2.37. The van der Waals surface area contributed by atoms with E-state index in [0.717, 1.165) is 12.1 Å². The van der Waals surface area contributed by atoms with Crippen LogP contribution in [0.25, 0.3) is 0 Å². The van der Waals surface area contributed by atoms with Crippen LogP contribution in [-0.2, 0) is 6.18 Å². The summed E-state index contributed by atoms with van der Waals surface area (Å²) in [6.07, 6.45) is -4.50. The van der Waals surface area contributed by atoms with Crippen molar-refractivity contribution in [2.24, 2.45) is 0 Å². The van der Waals surface area contributed by atoms with E-state index in [-0.39, 0.29) is 17.4 Å². The van der Waals surface area contributed by atoms with Gasteiger partial charge in [0.1, 0.15) is 11.6 Å². The largest absolute Gasteiger partial charge is 0.439 e. The van der Waals surface area contributed by atoms with Gasteiger partial charge in [-0.25, -0.2) is 0 Å². The summed E-state index contributed by atoms with van der Waals surface area (Å²) in [4.78, 5) is 3.90. The van der Waals surface area contributed by atoms with Crippen LogP contribution in [0, 0.1) is 11.3 Å². The van der Waals surface area contributed by atoms with E-state index in [1.807, 2.05) is 6.07 Å². The van der Waals surface area contributed by atoms with E-state index in [1.54, 1.807) is 12.1 Å². The highest BCUT2D eigenvalue weighted by Gasteiger charge is 2.32. The first-order valence-corrected chi connectivity index (χ1v) is 5.87. The molecular weight excluding hydrogens is 283 g/mol. The van der Waals surface area contributed by atoms with Crippen molar-refractivity contribution in [2.45, 2.75) is 6.18 Å². The lowest BCUT2D eigenvalue weighted by Gasteiger charge is -2.12. The van der Waals surface area contributed by atoms with Gasteiger partial charge in [-0.05, 0) is 24.3 Å². The van der Waals surface area contributed by atoms with Gasteiger partial charge in [-0.1, -0.05) is 6.07 Å². The van der Waals surface area contributed by atoms with Crippen LogP contribution in [0.1, 0.15) is 11.1 Å². The number of hydrogen-bond acceptors (Lipinski definition) is 4. The fraction of sp³-hybridized carbons (Fsp3) is 0.143. The molecule has 0 fully saturated rings. The van der Waals surface area contributed by atoms with Gasteiger partial charge in [0.2, 0.25) is 5.88 Å². The van der Waals surface area contributed by atoms with Crippen LogP contribution in [0.4, 0.5) is 19.0 Å². The molecule has 0 unspecified atom stereocenters. The fourth-order valence-electron chi connectivity index (χ4n) is 1.60. The fourth-order valence-corrected chi connectivity index (χ4v) is 1.60. The summed E-state index contributed by atoms with van der Waals surface area (Å²) < 4.78 is 43.7. The summed E-state index contributed by atoms with van der Waals surface area (Å²) in [5.41, 5.74) is -0.526. The third-order valence-corrected chi connectivity index (χ3v) is 2.57. The lowest BCUT2D eigenvalue weighted by Crippen LogP contribution is -2.07. The van der Waals surface area contributed by atoms with E-state index < -0.39 is 11.7 Å². The molecule has 0 aliphatic heterocycles. The van der Waals surface area contributed by atoms with Gasteiger partial charge >= 0.3 is 6.18 Å². The minimum atomic E-state index is -4.50. The molecule has 7 heteroatoms. The molecule has 0 aliphatic carbocycles. The molecule has 0 bridgehead atoms. The van der Waals surface area contributed by atoms with E-state index in [0.29, 0.717) is 5.56 Å². The molecule has 21 heavy (non-hydrogen) atoms. The number of ether oxygens (including phenoxy) is 1. The van der Waals surface area contributed by atoms with Crippen LogP contribution in [0.3, 0.4) is 0 Å². The molecule has 0 saturated carbocycles. The van der Waals surface area contributed by atoms with E-state index in [9.17, 15) is 13.2 Å². The molecule has 0 spiro atoms. The SMILES string of the molecule is CNc1cc(C(F)(F)F)cc(Oc2cccc(C#N)c2)n1. The summed E-state index contributed by atoms with van der Waals surface area (Å²) in [7, 11) is 1.46. The highest BCUT2D eigenvalue weighted by atomic mass is 19.4. The van der Waals surface area contributed by atoms with Crippen LogP contribution in [0.2, 0.25) is 0 Å². The van der Waals surface area contributed by atoms with Crippen molar-refractivity contribution in [2.75, 3.05) is 12.4 Å². The summed E-state index contributed by atoms with van der Waals surface area (Å²) in [6, 6.07) is 9.69. The lowest BCUT2D eigenvalue weighted by molar-refractivity contribution is -0.137. The number of halogens is 3. The zero-order chi connectivity index (χ0) is 15.5.